The lowest BCUT2D eigenvalue weighted by Crippen LogP contribution is -2.23. The molecule has 23 heavy (non-hydrogen) atoms. The fourth-order valence-corrected chi connectivity index (χ4v) is 2.82. The average molecular weight is 313 g/mol. The van der Waals surface area contributed by atoms with E-state index in [-0.39, 0.29) is 17.9 Å². The maximum absolute atomic E-state index is 12.5. The van der Waals surface area contributed by atoms with Gasteiger partial charge in [-0.05, 0) is 18.9 Å². The van der Waals surface area contributed by atoms with Gasteiger partial charge in [0.1, 0.15) is 5.75 Å². The van der Waals surface area contributed by atoms with Gasteiger partial charge in [-0.15, -0.1) is 10.2 Å². The van der Waals surface area contributed by atoms with Crippen LogP contribution in [-0.4, -0.2) is 22.7 Å². The van der Waals surface area contributed by atoms with Crippen molar-refractivity contribution in [1.29, 1.82) is 0 Å². The van der Waals surface area contributed by atoms with Gasteiger partial charge in [0, 0.05) is 16.9 Å². The van der Waals surface area contributed by atoms with Crippen molar-refractivity contribution in [3.8, 4) is 5.75 Å². The molecule has 2 heterocycles. The molecule has 120 valence electrons. The van der Waals surface area contributed by atoms with Crippen LogP contribution in [0.3, 0.4) is 0 Å². The van der Waals surface area contributed by atoms with Gasteiger partial charge >= 0.3 is 0 Å². The summed E-state index contributed by atoms with van der Waals surface area (Å²) < 4.78 is 11.3. The predicted molar refractivity (Wildman–Crippen MR) is 82.4 cm³/mol. The minimum Gasteiger partial charge on any atom is -0.492 e. The van der Waals surface area contributed by atoms with Crippen molar-refractivity contribution in [3.05, 3.63) is 41.1 Å². The van der Waals surface area contributed by atoms with Crippen LogP contribution in [0.4, 0.5) is 0 Å². The standard InChI is InChI=1S/C17H19N3O3/c1-17(2)9-22-14-11(4-3-5-12(14)17)15(21)18-8-13-19-20-16(23-13)10-6-7-10/h3-5,10H,6-9H2,1-2H3,(H,18,21). The van der Waals surface area contributed by atoms with E-state index in [0.717, 1.165) is 18.4 Å². The maximum Gasteiger partial charge on any atom is 0.255 e. The maximum atomic E-state index is 12.5. The Hall–Kier alpha value is -2.37. The molecular formula is C17H19N3O3. The van der Waals surface area contributed by atoms with Crippen LogP contribution in [0.5, 0.6) is 5.75 Å². The quantitative estimate of drug-likeness (QED) is 0.938. The van der Waals surface area contributed by atoms with Crippen molar-refractivity contribution >= 4 is 5.91 Å². The molecule has 2 aliphatic rings. The van der Waals surface area contributed by atoms with Gasteiger partial charge in [-0.2, -0.15) is 0 Å². The number of benzene rings is 1. The average Bonchev–Trinajstić information content (AvgIpc) is 3.20. The van der Waals surface area contributed by atoms with E-state index in [9.17, 15) is 4.79 Å². The van der Waals surface area contributed by atoms with Crippen LogP contribution < -0.4 is 10.1 Å². The molecule has 0 spiro atoms. The highest BCUT2D eigenvalue weighted by molar-refractivity contribution is 5.97. The van der Waals surface area contributed by atoms with Gasteiger partial charge in [-0.3, -0.25) is 4.79 Å². The Morgan fingerprint density at radius 3 is 2.96 bits per heavy atom. The molecule has 1 amide bonds. The van der Waals surface area contributed by atoms with Gasteiger partial charge in [-0.25, -0.2) is 0 Å². The van der Waals surface area contributed by atoms with Gasteiger partial charge < -0.3 is 14.5 Å². The second-order valence-electron chi connectivity index (χ2n) is 6.85. The first-order valence-electron chi connectivity index (χ1n) is 7.91. The summed E-state index contributed by atoms with van der Waals surface area (Å²) in [4.78, 5) is 12.5. The van der Waals surface area contributed by atoms with E-state index in [0.29, 0.717) is 35.6 Å². The number of nitrogens with one attached hydrogen (secondary N) is 1. The molecule has 1 N–H and O–H groups in total. The third kappa shape index (κ3) is 2.58. The summed E-state index contributed by atoms with van der Waals surface area (Å²) in [5.74, 6) is 2.03. The molecule has 0 radical (unpaired) electrons. The summed E-state index contributed by atoms with van der Waals surface area (Å²) in [6.45, 7) is 5.03. The topological polar surface area (TPSA) is 77.2 Å². The number of rotatable bonds is 4. The molecule has 1 fully saturated rings. The van der Waals surface area contributed by atoms with Crippen LogP contribution in [0, 0.1) is 0 Å². The first-order chi connectivity index (χ1) is 11.0. The minimum atomic E-state index is -0.189. The van der Waals surface area contributed by atoms with Crippen molar-refractivity contribution in [2.24, 2.45) is 0 Å². The lowest BCUT2D eigenvalue weighted by atomic mass is 9.86. The van der Waals surface area contributed by atoms with Gasteiger partial charge in [0.25, 0.3) is 5.91 Å². The summed E-state index contributed by atoms with van der Waals surface area (Å²) in [5.41, 5.74) is 1.55. The third-order valence-electron chi connectivity index (χ3n) is 4.38. The summed E-state index contributed by atoms with van der Waals surface area (Å²) in [7, 11) is 0. The zero-order valence-corrected chi connectivity index (χ0v) is 13.3. The zero-order chi connectivity index (χ0) is 16.0. The Balaban J connectivity index is 1.48. The number of hydrogen-bond acceptors (Lipinski definition) is 5. The van der Waals surface area contributed by atoms with E-state index >= 15 is 0 Å². The smallest absolute Gasteiger partial charge is 0.255 e. The molecule has 2 aromatic rings. The largest absolute Gasteiger partial charge is 0.492 e. The van der Waals surface area contributed by atoms with Gasteiger partial charge in [0.15, 0.2) is 0 Å². The molecule has 0 atom stereocenters. The molecule has 0 unspecified atom stereocenters. The minimum absolute atomic E-state index is 0.0721. The Bertz CT molecular complexity index is 762. The number of ether oxygens (including phenoxy) is 1. The highest BCUT2D eigenvalue weighted by atomic mass is 16.5. The lowest BCUT2D eigenvalue weighted by Gasteiger charge is -2.15. The summed E-state index contributed by atoms with van der Waals surface area (Å²) in [6.07, 6.45) is 2.22. The molecule has 0 saturated heterocycles. The van der Waals surface area contributed by atoms with Crippen molar-refractivity contribution < 1.29 is 13.9 Å². The molecule has 1 aliphatic carbocycles. The monoisotopic (exact) mass is 313 g/mol. The molecule has 0 bridgehead atoms. The summed E-state index contributed by atoms with van der Waals surface area (Å²) >= 11 is 0. The fraction of sp³-hybridized carbons (Fsp3) is 0.471. The normalized spacial score (nSPS) is 18.3. The van der Waals surface area contributed by atoms with Crippen LogP contribution in [0.2, 0.25) is 0 Å². The molecular weight excluding hydrogens is 294 g/mol. The van der Waals surface area contributed by atoms with Crippen molar-refractivity contribution in [1.82, 2.24) is 15.5 Å². The number of carbonyl (C=O) groups excluding carboxylic acids is 1. The predicted octanol–water partition coefficient (Wildman–Crippen LogP) is 2.55. The van der Waals surface area contributed by atoms with Crippen molar-refractivity contribution in [2.45, 2.75) is 44.6 Å². The molecule has 1 aliphatic heterocycles. The lowest BCUT2D eigenvalue weighted by molar-refractivity contribution is 0.0943. The van der Waals surface area contributed by atoms with E-state index in [2.05, 4.69) is 29.4 Å². The van der Waals surface area contributed by atoms with Gasteiger partial charge in [0.2, 0.25) is 11.8 Å². The van der Waals surface area contributed by atoms with Crippen LogP contribution >= 0.6 is 0 Å². The highest BCUT2D eigenvalue weighted by Gasteiger charge is 2.34. The first-order valence-corrected chi connectivity index (χ1v) is 7.91. The van der Waals surface area contributed by atoms with Crippen LogP contribution in [0.1, 0.15) is 60.3 Å². The van der Waals surface area contributed by atoms with E-state index in [1.54, 1.807) is 6.07 Å². The Kier molecular flexibility index (Phi) is 3.14. The number of fused-ring (bicyclic) bond motifs is 1. The number of para-hydroxylation sites is 1. The molecule has 4 rings (SSSR count). The number of carbonyl (C=O) groups is 1. The second kappa shape index (κ2) is 5.08. The second-order valence-corrected chi connectivity index (χ2v) is 6.85. The van der Waals surface area contributed by atoms with E-state index in [4.69, 9.17) is 9.15 Å². The molecule has 1 aromatic carbocycles. The van der Waals surface area contributed by atoms with Crippen LogP contribution in [0.25, 0.3) is 0 Å². The SMILES string of the molecule is CC1(C)COc2c(C(=O)NCc3nnc(C4CC4)o3)cccc21. The molecule has 1 saturated carbocycles. The van der Waals surface area contributed by atoms with Gasteiger partial charge in [-0.1, -0.05) is 26.0 Å². The summed E-state index contributed by atoms with van der Waals surface area (Å²) in [6, 6.07) is 5.68. The first kappa shape index (κ1) is 14.2. The Morgan fingerprint density at radius 1 is 1.35 bits per heavy atom. The number of amides is 1. The molecule has 6 nitrogen and oxygen atoms in total. The van der Waals surface area contributed by atoms with E-state index in [1.165, 1.54) is 0 Å². The molecule has 6 heteroatoms. The fourth-order valence-electron chi connectivity index (χ4n) is 2.82. The van der Waals surface area contributed by atoms with Crippen LogP contribution in [-0.2, 0) is 12.0 Å². The summed E-state index contributed by atoms with van der Waals surface area (Å²) in [5, 5.41) is 10.8. The zero-order valence-electron chi connectivity index (χ0n) is 13.3. The van der Waals surface area contributed by atoms with Gasteiger partial charge in [0.05, 0.1) is 18.7 Å². The molecule has 1 aromatic heterocycles. The van der Waals surface area contributed by atoms with E-state index in [1.807, 2.05) is 12.1 Å². The van der Waals surface area contributed by atoms with Crippen molar-refractivity contribution in [3.63, 3.8) is 0 Å². The Morgan fingerprint density at radius 2 is 2.17 bits per heavy atom. The number of hydrogen-bond donors (Lipinski definition) is 1. The Labute approximate surface area is 134 Å². The number of aromatic nitrogens is 2. The third-order valence-corrected chi connectivity index (χ3v) is 4.38. The number of nitrogens with zero attached hydrogens (tertiary/aromatic N) is 2. The van der Waals surface area contributed by atoms with Crippen LogP contribution in [0.15, 0.2) is 22.6 Å². The van der Waals surface area contributed by atoms with E-state index < -0.39 is 0 Å². The van der Waals surface area contributed by atoms with Crippen molar-refractivity contribution in [2.75, 3.05) is 6.61 Å². The highest BCUT2D eigenvalue weighted by Crippen LogP contribution is 2.40.